The molecule has 3 heterocycles. The van der Waals surface area contributed by atoms with Gasteiger partial charge in [0, 0.05) is 49.2 Å². The minimum Gasteiger partial charge on any atom is -0.492 e. The summed E-state index contributed by atoms with van der Waals surface area (Å²) >= 11 is 1.82. The predicted molar refractivity (Wildman–Crippen MR) is 108 cm³/mol. The molecule has 0 unspecified atom stereocenters. The lowest BCUT2D eigenvalue weighted by molar-refractivity contribution is -0.123. The maximum atomic E-state index is 12.5. The molecule has 4 rings (SSSR count). The number of nitrogens with zero attached hydrogens (tertiary/aromatic N) is 2. The van der Waals surface area contributed by atoms with Crippen LogP contribution in [-0.2, 0) is 17.9 Å². The Morgan fingerprint density at radius 2 is 1.96 bits per heavy atom. The number of rotatable bonds is 5. The van der Waals surface area contributed by atoms with E-state index in [1.807, 2.05) is 29.5 Å². The van der Waals surface area contributed by atoms with Crippen LogP contribution in [0, 0.1) is 0 Å². The minimum absolute atomic E-state index is 0.131. The number of nitrogens with one attached hydrogen (secondary N) is 1. The van der Waals surface area contributed by atoms with E-state index < -0.39 is 0 Å². The molecular formula is C21H27N3O2S. The van der Waals surface area contributed by atoms with E-state index in [0.29, 0.717) is 19.2 Å². The lowest BCUT2D eigenvalue weighted by Gasteiger charge is -2.32. The number of likely N-dealkylation sites (tertiary alicyclic amines) is 1. The molecule has 0 aliphatic carbocycles. The molecule has 27 heavy (non-hydrogen) atoms. The molecule has 5 nitrogen and oxygen atoms in total. The molecule has 1 fully saturated rings. The van der Waals surface area contributed by atoms with Crippen molar-refractivity contribution in [2.75, 3.05) is 32.8 Å². The summed E-state index contributed by atoms with van der Waals surface area (Å²) in [5.74, 6) is 1.07. The first-order valence-electron chi connectivity index (χ1n) is 9.73. The van der Waals surface area contributed by atoms with E-state index in [9.17, 15) is 4.79 Å². The SMILES string of the molecule is O=C(CN1CCOc2ccccc2C1)NC1CCN(Cc2cccs2)CC1. The lowest BCUT2D eigenvalue weighted by Crippen LogP contribution is -2.47. The molecule has 1 saturated heterocycles. The van der Waals surface area contributed by atoms with Crippen LogP contribution in [0.4, 0.5) is 0 Å². The van der Waals surface area contributed by atoms with E-state index in [1.165, 1.54) is 4.88 Å². The minimum atomic E-state index is 0.131. The van der Waals surface area contributed by atoms with Gasteiger partial charge < -0.3 is 10.1 Å². The van der Waals surface area contributed by atoms with Gasteiger partial charge in [0.25, 0.3) is 0 Å². The molecule has 1 aromatic heterocycles. The highest BCUT2D eigenvalue weighted by molar-refractivity contribution is 7.09. The van der Waals surface area contributed by atoms with Crippen LogP contribution >= 0.6 is 11.3 Å². The number of carbonyl (C=O) groups excluding carboxylic acids is 1. The summed E-state index contributed by atoms with van der Waals surface area (Å²) in [4.78, 5) is 18.6. The zero-order valence-corrected chi connectivity index (χ0v) is 16.4. The Bertz CT molecular complexity index is 742. The van der Waals surface area contributed by atoms with Gasteiger partial charge in [0.1, 0.15) is 12.4 Å². The van der Waals surface area contributed by atoms with Crippen molar-refractivity contribution in [1.29, 1.82) is 0 Å². The first-order chi connectivity index (χ1) is 13.3. The highest BCUT2D eigenvalue weighted by atomic mass is 32.1. The van der Waals surface area contributed by atoms with Gasteiger partial charge in [-0.15, -0.1) is 11.3 Å². The normalized spacial score (nSPS) is 19.1. The van der Waals surface area contributed by atoms with Gasteiger partial charge >= 0.3 is 0 Å². The van der Waals surface area contributed by atoms with Crippen LogP contribution in [0.25, 0.3) is 0 Å². The number of benzene rings is 1. The summed E-state index contributed by atoms with van der Waals surface area (Å²) in [6, 6.07) is 12.7. The van der Waals surface area contributed by atoms with Gasteiger partial charge in [-0.1, -0.05) is 24.3 Å². The van der Waals surface area contributed by atoms with Crippen LogP contribution in [0.5, 0.6) is 5.75 Å². The summed E-state index contributed by atoms with van der Waals surface area (Å²) in [6.45, 7) is 5.75. The van der Waals surface area contributed by atoms with Crippen LogP contribution in [0.15, 0.2) is 41.8 Å². The Hall–Kier alpha value is -1.89. The van der Waals surface area contributed by atoms with Gasteiger partial charge in [0.05, 0.1) is 6.54 Å². The standard InChI is InChI=1S/C21H27N3O2S/c25-21(16-24-11-12-26-20-6-2-1-4-17(20)14-24)22-18-7-9-23(10-8-18)15-19-5-3-13-27-19/h1-6,13,18H,7-12,14-16H2,(H,22,25). The van der Waals surface area contributed by atoms with E-state index in [4.69, 9.17) is 4.74 Å². The van der Waals surface area contributed by atoms with Gasteiger partial charge in [-0.05, 0) is 30.4 Å². The largest absolute Gasteiger partial charge is 0.492 e. The fraction of sp³-hybridized carbons (Fsp3) is 0.476. The van der Waals surface area contributed by atoms with Gasteiger partial charge in [-0.3, -0.25) is 14.6 Å². The van der Waals surface area contributed by atoms with Crippen molar-refractivity contribution in [3.63, 3.8) is 0 Å². The van der Waals surface area contributed by atoms with Crippen LogP contribution in [0.1, 0.15) is 23.3 Å². The van der Waals surface area contributed by atoms with Gasteiger partial charge in [-0.25, -0.2) is 0 Å². The van der Waals surface area contributed by atoms with E-state index in [-0.39, 0.29) is 5.91 Å². The molecule has 2 aliphatic heterocycles. The number of ether oxygens (including phenoxy) is 1. The molecule has 0 radical (unpaired) electrons. The molecule has 0 saturated carbocycles. The molecule has 0 spiro atoms. The smallest absolute Gasteiger partial charge is 0.234 e. The highest BCUT2D eigenvalue weighted by Gasteiger charge is 2.23. The topological polar surface area (TPSA) is 44.8 Å². The summed E-state index contributed by atoms with van der Waals surface area (Å²) in [5, 5.41) is 5.38. The van der Waals surface area contributed by atoms with Crippen LogP contribution in [0.2, 0.25) is 0 Å². The number of hydrogen-bond donors (Lipinski definition) is 1. The number of amides is 1. The first kappa shape index (κ1) is 18.5. The van der Waals surface area contributed by atoms with Gasteiger partial charge in [0.15, 0.2) is 0 Å². The second-order valence-electron chi connectivity index (χ2n) is 7.36. The zero-order valence-electron chi connectivity index (χ0n) is 15.6. The van der Waals surface area contributed by atoms with Crippen molar-refractivity contribution in [3.8, 4) is 5.75 Å². The lowest BCUT2D eigenvalue weighted by atomic mass is 10.0. The third-order valence-corrected chi connectivity index (χ3v) is 6.17. The Morgan fingerprint density at radius 1 is 1.11 bits per heavy atom. The second-order valence-corrected chi connectivity index (χ2v) is 8.40. The third kappa shape index (κ3) is 5.09. The summed E-state index contributed by atoms with van der Waals surface area (Å²) < 4.78 is 5.79. The van der Waals surface area contributed by atoms with Crippen LogP contribution in [0.3, 0.4) is 0 Å². The molecule has 1 N–H and O–H groups in total. The molecule has 0 bridgehead atoms. The summed E-state index contributed by atoms with van der Waals surface area (Å²) in [6.07, 6.45) is 2.06. The number of piperidine rings is 1. The predicted octanol–water partition coefficient (Wildman–Crippen LogP) is 2.72. The van der Waals surface area contributed by atoms with E-state index >= 15 is 0 Å². The van der Waals surface area contributed by atoms with Crippen molar-refractivity contribution in [3.05, 3.63) is 52.2 Å². The maximum Gasteiger partial charge on any atom is 0.234 e. The number of para-hydroxylation sites is 1. The van der Waals surface area contributed by atoms with E-state index in [1.54, 1.807) is 0 Å². The number of carbonyl (C=O) groups is 1. The van der Waals surface area contributed by atoms with Crippen molar-refractivity contribution in [1.82, 2.24) is 15.1 Å². The molecule has 1 aromatic carbocycles. The average molecular weight is 386 g/mol. The Labute approximate surface area is 164 Å². The second kappa shape index (κ2) is 8.87. The van der Waals surface area contributed by atoms with Crippen molar-refractivity contribution < 1.29 is 9.53 Å². The molecule has 2 aromatic rings. The highest BCUT2D eigenvalue weighted by Crippen LogP contribution is 2.22. The molecule has 6 heteroatoms. The van der Waals surface area contributed by atoms with Crippen LogP contribution < -0.4 is 10.1 Å². The molecular weight excluding hydrogens is 358 g/mol. The fourth-order valence-electron chi connectivity index (χ4n) is 3.85. The summed E-state index contributed by atoms with van der Waals surface area (Å²) in [5.41, 5.74) is 1.16. The number of hydrogen-bond acceptors (Lipinski definition) is 5. The van der Waals surface area contributed by atoms with Gasteiger partial charge in [-0.2, -0.15) is 0 Å². The molecule has 144 valence electrons. The first-order valence-corrected chi connectivity index (χ1v) is 10.6. The van der Waals surface area contributed by atoms with Crippen molar-refractivity contribution in [2.24, 2.45) is 0 Å². The maximum absolute atomic E-state index is 12.5. The van der Waals surface area contributed by atoms with Gasteiger partial charge in [0.2, 0.25) is 5.91 Å². The Balaban J connectivity index is 1.22. The van der Waals surface area contributed by atoms with Crippen molar-refractivity contribution >= 4 is 17.2 Å². The third-order valence-electron chi connectivity index (χ3n) is 5.31. The number of thiophene rings is 1. The zero-order chi connectivity index (χ0) is 18.5. The summed E-state index contributed by atoms with van der Waals surface area (Å²) in [7, 11) is 0. The van der Waals surface area contributed by atoms with E-state index in [0.717, 1.165) is 56.9 Å². The molecule has 0 atom stereocenters. The molecule has 2 aliphatic rings. The van der Waals surface area contributed by atoms with Crippen LogP contribution in [-0.4, -0.2) is 54.5 Å². The average Bonchev–Trinajstić information content (AvgIpc) is 3.09. The molecule has 1 amide bonds. The Kier molecular flexibility index (Phi) is 6.07. The Morgan fingerprint density at radius 3 is 2.78 bits per heavy atom. The number of fused-ring (bicyclic) bond motifs is 1. The van der Waals surface area contributed by atoms with Crippen molar-refractivity contribution in [2.45, 2.75) is 32.0 Å². The monoisotopic (exact) mass is 385 g/mol. The quantitative estimate of drug-likeness (QED) is 0.860. The fourth-order valence-corrected chi connectivity index (χ4v) is 4.60. The van der Waals surface area contributed by atoms with E-state index in [2.05, 4.69) is 38.7 Å².